The summed E-state index contributed by atoms with van der Waals surface area (Å²) < 4.78 is 0. The van der Waals surface area contributed by atoms with Crippen molar-refractivity contribution in [2.24, 2.45) is 0 Å². The smallest absolute Gasteiger partial charge is 0.304 e. The Balaban J connectivity index is 0.00000562. The maximum atomic E-state index is 9.29. The van der Waals surface area contributed by atoms with Crippen molar-refractivity contribution in [3.8, 4) is 113 Å². The summed E-state index contributed by atoms with van der Waals surface area (Å²) in [6.07, 6.45) is 5.70. The van der Waals surface area contributed by atoms with Gasteiger partial charge in [0.1, 0.15) is 6.57 Å². The molecule has 10 rings (SSSR count). The third-order valence-electron chi connectivity index (χ3n) is 11.5. The molecule has 6 nitrogen and oxygen atoms in total. The van der Waals surface area contributed by atoms with E-state index >= 15 is 0 Å². The molecular formula is C60H33IrN6. The number of hydrogen-bond donors (Lipinski definition) is 0. The summed E-state index contributed by atoms with van der Waals surface area (Å²) in [6, 6.07) is 74.2. The fourth-order valence-electron chi connectivity index (χ4n) is 8.14. The van der Waals surface area contributed by atoms with E-state index in [2.05, 4.69) is 144 Å². The number of nitriles is 2. The van der Waals surface area contributed by atoms with E-state index in [-0.39, 0.29) is 20.1 Å². The minimum absolute atomic E-state index is 0. The molecule has 0 atom stereocenters. The van der Waals surface area contributed by atoms with Crippen molar-refractivity contribution < 1.29 is 20.1 Å². The quantitative estimate of drug-likeness (QED) is 0.134. The molecule has 0 N–H and O–H groups in total. The van der Waals surface area contributed by atoms with Gasteiger partial charge in [0.15, 0.2) is 0 Å². The normalized spacial score (nSPS) is 10.5. The molecule has 0 saturated heterocycles. The van der Waals surface area contributed by atoms with Gasteiger partial charge in [0.25, 0.3) is 0 Å². The molecule has 10 aromatic rings. The summed E-state index contributed by atoms with van der Waals surface area (Å²) in [6.45, 7) is 7.31. The Labute approximate surface area is 403 Å². The predicted octanol–water partition coefficient (Wildman–Crippen LogP) is 14.6. The number of hydrogen-bond acceptors (Lipinski definition) is 5. The van der Waals surface area contributed by atoms with Crippen molar-refractivity contribution in [3.63, 3.8) is 0 Å². The molecule has 0 saturated carbocycles. The van der Waals surface area contributed by atoms with Crippen LogP contribution in [0.15, 0.2) is 201 Å². The maximum Gasteiger partial charge on any atom is 3.00 e. The van der Waals surface area contributed by atoms with Gasteiger partial charge >= 0.3 is 20.1 Å². The minimum Gasteiger partial charge on any atom is -0.304 e. The van der Waals surface area contributed by atoms with Crippen LogP contribution in [0.5, 0.6) is 0 Å². The van der Waals surface area contributed by atoms with Gasteiger partial charge in [-0.3, -0.25) is 0 Å². The Morgan fingerprint density at radius 1 is 0.388 bits per heavy atom. The van der Waals surface area contributed by atoms with E-state index in [4.69, 9.17) is 21.5 Å². The van der Waals surface area contributed by atoms with Crippen molar-refractivity contribution in [1.29, 1.82) is 10.5 Å². The molecular weight excluding hydrogens is 997 g/mol. The van der Waals surface area contributed by atoms with Gasteiger partial charge in [-0.05, 0) is 113 Å². The van der Waals surface area contributed by atoms with E-state index in [1.807, 2.05) is 55.0 Å². The number of pyridine rings is 3. The van der Waals surface area contributed by atoms with Gasteiger partial charge in [-0.2, -0.15) is 4.85 Å². The molecule has 67 heavy (non-hydrogen) atoms. The molecule has 3 heterocycles. The number of rotatable bonds is 9. The van der Waals surface area contributed by atoms with Crippen LogP contribution in [-0.4, -0.2) is 15.0 Å². The van der Waals surface area contributed by atoms with Gasteiger partial charge < -0.3 is 15.0 Å². The van der Waals surface area contributed by atoms with Gasteiger partial charge in [0.2, 0.25) is 5.69 Å². The Morgan fingerprint density at radius 3 is 0.970 bits per heavy atom. The summed E-state index contributed by atoms with van der Waals surface area (Å²) in [5, 5.41) is 18.6. The molecule has 0 bridgehead atoms. The molecule has 0 unspecified atom stereocenters. The average molecular weight is 1030 g/mol. The Morgan fingerprint density at radius 2 is 0.716 bits per heavy atom. The molecule has 0 radical (unpaired) electrons. The topological polar surface area (TPSA) is 90.6 Å². The Bertz CT molecular complexity index is 3120. The third kappa shape index (κ3) is 9.09. The van der Waals surface area contributed by atoms with E-state index in [1.165, 1.54) is 0 Å². The first-order chi connectivity index (χ1) is 32.5. The first-order valence-corrected chi connectivity index (χ1v) is 21.1. The van der Waals surface area contributed by atoms with Crippen LogP contribution in [0.2, 0.25) is 0 Å². The van der Waals surface area contributed by atoms with Gasteiger partial charge in [-0.25, -0.2) is 10.5 Å². The summed E-state index contributed by atoms with van der Waals surface area (Å²) in [4.78, 5) is 18.0. The van der Waals surface area contributed by atoms with Crippen LogP contribution in [-0.2, 0) is 20.1 Å². The second-order valence-corrected chi connectivity index (χ2v) is 15.5. The summed E-state index contributed by atoms with van der Waals surface area (Å²) >= 11 is 0. The van der Waals surface area contributed by atoms with Crippen molar-refractivity contribution in [2.45, 2.75) is 0 Å². The fourth-order valence-corrected chi connectivity index (χ4v) is 8.14. The zero-order valence-electron chi connectivity index (χ0n) is 35.6. The van der Waals surface area contributed by atoms with Crippen LogP contribution >= 0.6 is 0 Å². The molecule has 0 spiro atoms. The van der Waals surface area contributed by atoms with Crippen LogP contribution in [0.25, 0.3) is 105 Å². The van der Waals surface area contributed by atoms with Crippen molar-refractivity contribution in [2.75, 3.05) is 0 Å². The molecule has 7 aromatic carbocycles. The van der Waals surface area contributed by atoms with Crippen molar-refractivity contribution in [1.82, 2.24) is 15.0 Å². The van der Waals surface area contributed by atoms with Crippen LogP contribution in [0.4, 0.5) is 5.69 Å². The first-order valence-electron chi connectivity index (χ1n) is 21.1. The van der Waals surface area contributed by atoms with Crippen LogP contribution in [0.1, 0.15) is 11.1 Å². The Kier molecular flexibility index (Phi) is 12.6. The van der Waals surface area contributed by atoms with E-state index in [0.717, 1.165) is 101 Å². The monoisotopic (exact) mass is 1030 g/mol. The molecule has 0 amide bonds. The molecule has 312 valence electrons. The van der Waals surface area contributed by atoms with E-state index < -0.39 is 0 Å². The SMILES string of the molecule is [C-]#[N+]c1c[c-]c(-c2ccc(-c3ccccc3-c3cc(-c4ccccc4-c4ccc(-c5[c-]cc(C#N)cc5)nc4)cc(-c4ccccc4-c4ccc(-c5[c-]cc(C#N)cc5)nc4)c3)cn2)cc1.[Ir+3]. The van der Waals surface area contributed by atoms with E-state index in [0.29, 0.717) is 16.8 Å². The van der Waals surface area contributed by atoms with Gasteiger partial charge in [-0.1, -0.05) is 121 Å². The van der Waals surface area contributed by atoms with E-state index in [1.54, 1.807) is 36.4 Å². The summed E-state index contributed by atoms with van der Waals surface area (Å²) in [5.41, 5.74) is 18.7. The van der Waals surface area contributed by atoms with Crippen LogP contribution in [0.3, 0.4) is 0 Å². The Hall–Kier alpha value is -8.89. The standard InChI is InChI=1S/C60H33N6.Ir/c1-63-51-27-22-44(23-28-51)60-31-26-47(39-66-60)54-10-4-7-13-57(54)50-33-48(55-11-5-2-8-52(55)45-24-29-58(64-37-45)42-18-14-40(35-61)15-19-42)32-49(34-50)56-12-6-3-9-53(56)46-25-30-59(65-38-46)43-20-16-41(36-62)17-21-43;/h2-18,20,22,24-34,37-39H;/q-3;+3. The van der Waals surface area contributed by atoms with Gasteiger partial charge in [-0.15, -0.1) is 77.4 Å². The van der Waals surface area contributed by atoms with Crippen molar-refractivity contribution in [3.05, 3.63) is 241 Å². The van der Waals surface area contributed by atoms with Gasteiger partial charge in [0.05, 0.1) is 0 Å². The van der Waals surface area contributed by atoms with Crippen LogP contribution < -0.4 is 0 Å². The fraction of sp³-hybridized carbons (Fsp3) is 0. The third-order valence-corrected chi connectivity index (χ3v) is 11.5. The largest absolute Gasteiger partial charge is 3.00 e. The van der Waals surface area contributed by atoms with E-state index in [9.17, 15) is 10.5 Å². The summed E-state index contributed by atoms with van der Waals surface area (Å²) in [7, 11) is 0. The maximum absolute atomic E-state index is 9.29. The molecule has 3 aromatic heterocycles. The van der Waals surface area contributed by atoms with Crippen LogP contribution in [0, 0.1) is 47.4 Å². The summed E-state index contributed by atoms with van der Waals surface area (Å²) in [5.74, 6) is 0. The zero-order valence-corrected chi connectivity index (χ0v) is 38.0. The minimum atomic E-state index is 0. The second-order valence-electron chi connectivity index (χ2n) is 15.5. The molecule has 0 aliphatic heterocycles. The zero-order chi connectivity index (χ0) is 44.8. The predicted molar refractivity (Wildman–Crippen MR) is 261 cm³/mol. The molecule has 0 aliphatic rings. The molecule has 7 heteroatoms. The first kappa shape index (κ1) is 43.4. The second kappa shape index (κ2) is 19.5. The number of nitrogens with zero attached hydrogens (tertiary/aromatic N) is 6. The molecule has 0 aliphatic carbocycles. The number of aromatic nitrogens is 3. The van der Waals surface area contributed by atoms with Crippen molar-refractivity contribution >= 4 is 5.69 Å². The molecule has 0 fully saturated rings. The average Bonchev–Trinajstić information content (AvgIpc) is 3.41. The van der Waals surface area contributed by atoms with Gasteiger partial charge in [0, 0.05) is 30.7 Å². The number of benzene rings is 7.